The molecule has 2 aromatic rings. The quantitative estimate of drug-likeness (QED) is 0.598. The Bertz CT molecular complexity index is 644. The molecule has 0 saturated carbocycles. The van der Waals surface area contributed by atoms with Gasteiger partial charge in [-0.05, 0) is 43.8 Å². The summed E-state index contributed by atoms with van der Waals surface area (Å²) < 4.78 is 0. The molecule has 0 bridgehead atoms. The first-order valence-electron chi connectivity index (χ1n) is 8.35. The van der Waals surface area contributed by atoms with E-state index in [1.807, 2.05) is 11.3 Å². The number of benzene rings is 1. The molecule has 0 saturated heterocycles. The third-order valence-corrected chi connectivity index (χ3v) is 4.93. The van der Waals surface area contributed by atoms with Crippen molar-refractivity contribution in [3.05, 3.63) is 57.3 Å². The van der Waals surface area contributed by atoms with Gasteiger partial charge in [-0.15, -0.1) is 11.3 Å². The molecule has 0 amide bonds. The van der Waals surface area contributed by atoms with Gasteiger partial charge in [-0.2, -0.15) is 0 Å². The monoisotopic (exact) mass is 344 g/mol. The molecule has 24 heavy (non-hydrogen) atoms. The van der Waals surface area contributed by atoms with Crippen LogP contribution in [0.2, 0.25) is 0 Å². The molecule has 4 nitrogen and oxygen atoms in total. The smallest absolute Gasteiger partial charge is 0.191 e. The predicted octanol–water partition coefficient (Wildman–Crippen LogP) is 3.24. The van der Waals surface area contributed by atoms with Gasteiger partial charge in [0, 0.05) is 29.9 Å². The van der Waals surface area contributed by atoms with Gasteiger partial charge in [-0.25, -0.2) is 0 Å². The van der Waals surface area contributed by atoms with Crippen LogP contribution in [-0.4, -0.2) is 32.0 Å². The predicted molar refractivity (Wildman–Crippen MR) is 105 cm³/mol. The van der Waals surface area contributed by atoms with Gasteiger partial charge in [-0.1, -0.05) is 31.2 Å². The number of nitrogens with zero attached hydrogens (tertiary/aromatic N) is 2. The Labute approximate surface area is 149 Å². The molecule has 1 aromatic heterocycles. The van der Waals surface area contributed by atoms with E-state index >= 15 is 0 Å². The van der Waals surface area contributed by atoms with Crippen LogP contribution in [0.4, 0.5) is 0 Å². The summed E-state index contributed by atoms with van der Waals surface area (Å²) in [6.07, 6.45) is 1.10. The second-order valence-corrected chi connectivity index (χ2v) is 7.31. The third kappa shape index (κ3) is 5.98. The van der Waals surface area contributed by atoms with E-state index in [0.29, 0.717) is 0 Å². The largest absolute Gasteiger partial charge is 0.352 e. The minimum Gasteiger partial charge on any atom is -0.352 e. The van der Waals surface area contributed by atoms with Crippen LogP contribution in [0.25, 0.3) is 0 Å². The fourth-order valence-electron chi connectivity index (χ4n) is 2.41. The molecule has 2 N–H and O–H groups in total. The molecule has 1 heterocycles. The number of rotatable bonds is 7. The molecule has 130 valence electrons. The van der Waals surface area contributed by atoms with E-state index in [1.165, 1.54) is 20.9 Å². The lowest BCUT2D eigenvalue weighted by molar-refractivity contribution is 0.402. The van der Waals surface area contributed by atoms with Gasteiger partial charge < -0.3 is 15.5 Å². The topological polar surface area (TPSA) is 39.7 Å². The minimum atomic E-state index is 0.770. The number of aryl methyl sites for hydroxylation is 1. The highest BCUT2D eigenvalue weighted by atomic mass is 32.1. The summed E-state index contributed by atoms with van der Waals surface area (Å²) in [4.78, 5) is 9.23. The van der Waals surface area contributed by atoms with Crippen molar-refractivity contribution in [3.8, 4) is 0 Å². The summed E-state index contributed by atoms with van der Waals surface area (Å²) in [6, 6.07) is 13.1. The Hall–Kier alpha value is -1.85. The summed E-state index contributed by atoms with van der Waals surface area (Å²) in [5.41, 5.74) is 2.58. The standard InChI is InChI=1S/C19H28N4S/c1-5-17-10-11-18(24-17)13-22-19(20-2)21-12-15-6-8-16(9-7-15)14-23(3)4/h6-11H,5,12-14H2,1-4H3,(H2,20,21,22). The molecule has 2 rings (SSSR count). The van der Waals surface area contributed by atoms with Crippen molar-refractivity contribution in [3.63, 3.8) is 0 Å². The van der Waals surface area contributed by atoms with Crippen LogP contribution < -0.4 is 10.6 Å². The fourth-order valence-corrected chi connectivity index (χ4v) is 3.31. The summed E-state index contributed by atoms with van der Waals surface area (Å²) in [6.45, 7) is 4.74. The van der Waals surface area contributed by atoms with Gasteiger partial charge in [-0.3, -0.25) is 4.99 Å². The molecule has 5 heteroatoms. The van der Waals surface area contributed by atoms with Gasteiger partial charge in [0.05, 0.1) is 6.54 Å². The SMILES string of the molecule is CCc1ccc(CNC(=NC)NCc2ccc(CN(C)C)cc2)s1. The van der Waals surface area contributed by atoms with Gasteiger partial charge >= 0.3 is 0 Å². The lowest BCUT2D eigenvalue weighted by Gasteiger charge is -2.12. The van der Waals surface area contributed by atoms with Crippen LogP contribution in [0.5, 0.6) is 0 Å². The molecule has 0 aliphatic heterocycles. The first-order chi connectivity index (χ1) is 11.6. The second-order valence-electron chi connectivity index (χ2n) is 6.06. The molecule has 1 aromatic carbocycles. The highest BCUT2D eigenvalue weighted by molar-refractivity contribution is 7.11. The maximum atomic E-state index is 4.29. The van der Waals surface area contributed by atoms with Crippen LogP contribution in [-0.2, 0) is 26.1 Å². The van der Waals surface area contributed by atoms with Crippen molar-refractivity contribution < 1.29 is 0 Å². The fraction of sp³-hybridized carbons (Fsp3) is 0.421. The molecule has 0 radical (unpaired) electrons. The van der Waals surface area contributed by atoms with Crippen LogP contribution in [0.15, 0.2) is 41.4 Å². The van der Waals surface area contributed by atoms with Crippen LogP contribution >= 0.6 is 11.3 Å². The van der Waals surface area contributed by atoms with Crippen molar-refractivity contribution in [1.29, 1.82) is 0 Å². The van der Waals surface area contributed by atoms with E-state index in [4.69, 9.17) is 0 Å². The Balaban J connectivity index is 1.80. The van der Waals surface area contributed by atoms with Crippen molar-refractivity contribution in [2.75, 3.05) is 21.1 Å². The van der Waals surface area contributed by atoms with Crippen LogP contribution in [0, 0.1) is 0 Å². The summed E-state index contributed by atoms with van der Waals surface area (Å²) in [7, 11) is 5.98. The molecule has 0 atom stereocenters. The highest BCUT2D eigenvalue weighted by Gasteiger charge is 2.02. The second kappa shape index (κ2) is 9.45. The lowest BCUT2D eigenvalue weighted by atomic mass is 10.1. The van der Waals surface area contributed by atoms with E-state index < -0.39 is 0 Å². The average Bonchev–Trinajstić information content (AvgIpc) is 3.04. The Morgan fingerprint density at radius 1 is 0.958 bits per heavy atom. The number of thiophene rings is 1. The van der Waals surface area contributed by atoms with E-state index in [1.54, 1.807) is 7.05 Å². The summed E-state index contributed by atoms with van der Waals surface area (Å²) >= 11 is 1.86. The van der Waals surface area contributed by atoms with Crippen LogP contribution in [0.1, 0.15) is 27.8 Å². The molecule has 0 aliphatic rings. The number of hydrogen-bond acceptors (Lipinski definition) is 3. The Kier molecular flexibility index (Phi) is 7.28. The Morgan fingerprint density at radius 3 is 2.17 bits per heavy atom. The van der Waals surface area contributed by atoms with Gasteiger partial charge in [0.2, 0.25) is 0 Å². The minimum absolute atomic E-state index is 0.770. The van der Waals surface area contributed by atoms with E-state index in [2.05, 4.69) is 77.9 Å². The van der Waals surface area contributed by atoms with E-state index in [9.17, 15) is 0 Å². The summed E-state index contributed by atoms with van der Waals surface area (Å²) in [5, 5.41) is 6.74. The average molecular weight is 345 g/mol. The molecule has 0 spiro atoms. The van der Waals surface area contributed by atoms with Crippen molar-refractivity contribution in [2.45, 2.75) is 33.0 Å². The first kappa shape index (κ1) is 18.5. The highest BCUT2D eigenvalue weighted by Crippen LogP contribution is 2.16. The first-order valence-corrected chi connectivity index (χ1v) is 9.17. The molecular formula is C19H28N4S. The number of nitrogens with one attached hydrogen (secondary N) is 2. The van der Waals surface area contributed by atoms with Crippen molar-refractivity contribution in [1.82, 2.24) is 15.5 Å². The van der Waals surface area contributed by atoms with Gasteiger partial charge in [0.15, 0.2) is 5.96 Å². The Morgan fingerprint density at radius 2 is 1.58 bits per heavy atom. The van der Waals surface area contributed by atoms with Crippen molar-refractivity contribution >= 4 is 17.3 Å². The number of hydrogen-bond donors (Lipinski definition) is 2. The zero-order valence-corrected chi connectivity index (χ0v) is 15.9. The maximum Gasteiger partial charge on any atom is 0.191 e. The van der Waals surface area contributed by atoms with E-state index in [-0.39, 0.29) is 0 Å². The lowest BCUT2D eigenvalue weighted by Crippen LogP contribution is -2.36. The number of aliphatic imine (C=N–C) groups is 1. The molecular weight excluding hydrogens is 316 g/mol. The maximum absolute atomic E-state index is 4.29. The molecule has 0 unspecified atom stereocenters. The third-order valence-electron chi connectivity index (χ3n) is 3.70. The normalized spacial score (nSPS) is 11.8. The molecule has 0 fully saturated rings. The zero-order valence-electron chi connectivity index (χ0n) is 15.1. The van der Waals surface area contributed by atoms with Crippen LogP contribution in [0.3, 0.4) is 0 Å². The summed E-state index contributed by atoms with van der Waals surface area (Å²) in [5.74, 6) is 0.832. The number of guanidine groups is 1. The van der Waals surface area contributed by atoms with Gasteiger partial charge in [0.25, 0.3) is 0 Å². The van der Waals surface area contributed by atoms with E-state index in [0.717, 1.165) is 32.0 Å². The molecule has 0 aliphatic carbocycles. The zero-order chi connectivity index (χ0) is 17.4. The van der Waals surface area contributed by atoms with Crippen molar-refractivity contribution in [2.24, 2.45) is 4.99 Å². The van der Waals surface area contributed by atoms with Gasteiger partial charge in [0.1, 0.15) is 0 Å².